The van der Waals surface area contributed by atoms with E-state index in [-0.39, 0.29) is 11.8 Å². The van der Waals surface area contributed by atoms with Crippen LogP contribution in [0.5, 0.6) is 0 Å². The second-order valence-corrected chi connectivity index (χ2v) is 7.11. The van der Waals surface area contributed by atoms with Gasteiger partial charge in [0.05, 0.1) is 0 Å². The van der Waals surface area contributed by atoms with E-state index >= 15 is 0 Å². The van der Waals surface area contributed by atoms with Crippen LogP contribution in [0.4, 0.5) is 5.69 Å². The summed E-state index contributed by atoms with van der Waals surface area (Å²) in [5.74, 6) is 0.733. The molecule has 3 rings (SSSR count). The SMILES string of the molecule is CC(=O)Nc1cc(CNC(C)C2CC2)cc(C(=O)N2CCCC2)c1. The minimum atomic E-state index is -0.119. The Labute approximate surface area is 143 Å². The molecule has 1 aromatic carbocycles. The number of benzene rings is 1. The van der Waals surface area contributed by atoms with Gasteiger partial charge in [0.25, 0.3) is 5.91 Å². The van der Waals surface area contributed by atoms with Crippen LogP contribution in [0.1, 0.15) is 55.5 Å². The smallest absolute Gasteiger partial charge is 0.253 e. The summed E-state index contributed by atoms with van der Waals surface area (Å²) in [5.41, 5.74) is 2.40. The third kappa shape index (κ3) is 4.35. The molecule has 1 unspecified atom stereocenters. The molecule has 24 heavy (non-hydrogen) atoms. The van der Waals surface area contributed by atoms with Crippen LogP contribution in [0.2, 0.25) is 0 Å². The Balaban J connectivity index is 1.76. The zero-order chi connectivity index (χ0) is 17.1. The monoisotopic (exact) mass is 329 g/mol. The number of hydrogen-bond acceptors (Lipinski definition) is 3. The van der Waals surface area contributed by atoms with Crippen LogP contribution in [0, 0.1) is 5.92 Å². The van der Waals surface area contributed by atoms with E-state index < -0.39 is 0 Å². The van der Waals surface area contributed by atoms with Gasteiger partial charge in [0, 0.05) is 43.9 Å². The average Bonchev–Trinajstić information content (AvgIpc) is 3.26. The Morgan fingerprint density at radius 3 is 2.54 bits per heavy atom. The van der Waals surface area contributed by atoms with Crippen LogP contribution < -0.4 is 10.6 Å². The molecule has 0 bridgehead atoms. The van der Waals surface area contributed by atoms with Gasteiger partial charge >= 0.3 is 0 Å². The molecule has 1 heterocycles. The third-order valence-electron chi connectivity index (χ3n) is 4.91. The highest BCUT2D eigenvalue weighted by Crippen LogP contribution is 2.32. The van der Waals surface area contributed by atoms with Gasteiger partial charge in [-0.05, 0) is 62.3 Å². The zero-order valence-electron chi connectivity index (χ0n) is 14.6. The van der Waals surface area contributed by atoms with E-state index in [1.165, 1.54) is 19.8 Å². The van der Waals surface area contributed by atoms with Crippen molar-refractivity contribution in [3.63, 3.8) is 0 Å². The quantitative estimate of drug-likeness (QED) is 0.843. The summed E-state index contributed by atoms with van der Waals surface area (Å²) in [4.78, 5) is 26.0. The Morgan fingerprint density at radius 1 is 1.21 bits per heavy atom. The van der Waals surface area contributed by atoms with E-state index in [1.54, 1.807) is 6.07 Å². The van der Waals surface area contributed by atoms with E-state index in [1.807, 2.05) is 17.0 Å². The Morgan fingerprint density at radius 2 is 1.92 bits per heavy atom. The molecule has 1 aliphatic heterocycles. The van der Waals surface area contributed by atoms with Crippen molar-refractivity contribution >= 4 is 17.5 Å². The average molecular weight is 329 g/mol. The van der Waals surface area contributed by atoms with E-state index in [9.17, 15) is 9.59 Å². The molecule has 1 saturated heterocycles. The number of rotatable bonds is 6. The van der Waals surface area contributed by atoms with Crippen LogP contribution in [0.25, 0.3) is 0 Å². The van der Waals surface area contributed by atoms with Crippen molar-refractivity contribution in [1.82, 2.24) is 10.2 Å². The van der Waals surface area contributed by atoms with Gasteiger partial charge in [0.1, 0.15) is 0 Å². The second-order valence-electron chi connectivity index (χ2n) is 7.11. The van der Waals surface area contributed by atoms with Crippen molar-refractivity contribution in [3.8, 4) is 0 Å². The maximum atomic E-state index is 12.7. The summed E-state index contributed by atoms with van der Waals surface area (Å²) in [6.07, 6.45) is 4.76. The first-order valence-corrected chi connectivity index (χ1v) is 8.97. The highest BCUT2D eigenvalue weighted by Gasteiger charge is 2.27. The predicted octanol–water partition coefficient (Wildman–Crippen LogP) is 2.77. The standard InChI is InChI=1S/C19H27N3O2/c1-13(16-5-6-16)20-12-15-9-17(11-18(10-15)21-14(2)23)19(24)22-7-3-4-8-22/h9-11,13,16,20H,3-8,12H2,1-2H3,(H,21,23). The van der Waals surface area contributed by atoms with E-state index in [0.29, 0.717) is 23.8 Å². The summed E-state index contributed by atoms with van der Waals surface area (Å²) in [6, 6.07) is 6.19. The molecule has 0 spiro atoms. The minimum absolute atomic E-state index is 0.0659. The first-order chi connectivity index (χ1) is 11.5. The predicted molar refractivity (Wildman–Crippen MR) is 94.9 cm³/mol. The van der Waals surface area contributed by atoms with Crippen LogP contribution >= 0.6 is 0 Å². The number of nitrogens with zero attached hydrogens (tertiary/aromatic N) is 1. The number of hydrogen-bond donors (Lipinski definition) is 2. The molecular formula is C19H27N3O2. The van der Waals surface area contributed by atoms with Gasteiger partial charge in [-0.25, -0.2) is 0 Å². The largest absolute Gasteiger partial charge is 0.339 e. The number of likely N-dealkylation sites (tertiary alicyclic amines) is 1. The molecule has 1 atom stereocenters. The molecule has 1 aromatic rings. The summed E-state index contributed by atoms with van der Waals surface area (Å²) >= 11 is 0. The molecular weight excluding hydrogens is 302 g/mol. The number of amides is 2. The minimum Gasteiger partial charge on any atom is -0.339 e. The lowest BCUT2D eigenvalue weighted by atomic mass is 10.1. The number of carbonyl (C=O) groups is 2. The lowest BCUT2D eigenvalue weighted by Gasteiger charge is -2.18. The summed E-state index contributed by atoms with van der Waals surface area (Å²) in [6.45, 7) is 6.07. The van der Waals surface area contributed by atoms with Gasteiger partial charge in [-0.1, -0.05) is 0 Å². The second kappa shape index (κ2) is 7.34. The van der Waals surface area contributed by atoms with Gasteiger partial charge in [-0.15, -0.1) is 0 Å². The van der Waals surface area contributed by atoms with Gasteiger partial charge in [0.15, 0.2) is 0 Å². The van der Waals surface area contributed by atoms with Crippen molar-refractivity contribution in [3.05, 3.63) is 29.3 Å². The maximum absolute atomic E-state index is 12.7. The van der Waals surface area contributed by atoms with Gasteiger partial charge in [-0.3, -0.25) is 9.59 Å². The highest BCUT2D eigenvalue weighted by atomic mass is 16.2. The molecule has 0 aromatic heterocycles. The van der Waals surface area contributed by atoms with Crippen molar-refractivity contribution in [1.29, 1.82) is 0 Å². The molecule has 1 aliphatic carbocycles. The Kier molecular flexibility index (Phi) is 5.19. The van der Waals surface area contributed by atoms with E-state index in [4.69, 9.17) is 0 Å². The highest BCUT2D eigenvalue weighted by molar-refractivity contribution is 5.97. The molecule has 2 fully saturated rings. The van der Waals surface area contributed by atoms with Crippen molar-refractivity contribution in [2.24, 2.45) is 5.92 Å². The molecule has 5 heteroatoms. The van der Waals surface area contributed by atoms with Crippen molar-refractivity contribution in [2.45, 2.75) is 52.1 Å². The third-order valence-corrected chi connectivity index (χ3v) is 4.91. The summed E-state index contributed by atoms with van der Waals surface area (Å²) in [7, 11) is 0. The summed E-state index contributed by atoms with van der Waals surface area (Å²) in [5, 5.41) is 6.36. The molecule has 130 valence electrons. The van der Waals surface area contributed by atoms with Crippen LogP contribution in [-0.2, 0) is 11.3 Å². The van der Waals surface area contributed by atoms with E-state index in [2.05, 4.69) is 17.6 Å². The molecule has 2 aliphatic rings. The Hall–Kier alpha value is -1.88. The van der Waals surface area contributed by atoms with Crippen LogP contribution in [-0.4, -0.2) is 35.8 Å². The fourth-order valence-corrected chi connectivity index (χ4v) is 3.34. The normalized spacial score (nSPS) is 18.5. The summed E-state index contributed by atoms with van der Waals surface area (Å²) < 4.78 is 0. The fraction of sp³-hybridized carbons (Fsp3) is 0.579. The molecule has 1 saturated carbocycles. The lowest BCUT2D eigenvalue weighted by molar-refractivity contribution is -0.114. The lowest BCUT2D eigenvalue weighted by Crippen LogP contribution is -2.29. The number of nitrogens with one attached hydrogen (secondary N) is 2. The zero-order valence-corrected chi connectivity index (χ0v) is 14.6. The van der Waals surface area contributed by atoms with Gasteiger partial charge < -0.3 is 15.5 Å². The van der Waals surface area contributed by atoms with E-state index in [0.717, 1.165) is 37.4 Å². The topological polar surface area (TPSA) is 61.4 Å². The molecule has 2 amide bonds. The van der Waals surface area contributed by atoms with Crippen LogP contribution in [0.3, 0.4) is 0 Å². The maximum Gasteiger partial charge on any atom is 0.253 e. The van der Waals surface area contributed by atoms with Gasteiger partial charge in [0.2, 0.25) is 5.91 Å². The fourth-order valence-electron chi connectivity index (χ4n) is 3.34. The van der Waals surface area contributed by atoms with Gasteiger partial charge in [-0.2, -0.15) is 0 Å². The first kappa shape index (κ1) is 17.0. The molecule has 5 nitrogen and oxygen atoms in total. The number of anilines is 1. The van der Waals surface area contributed by atoms with Crippen molar-refractivity contribution in [2.75, 3.05) is 18.4 Å². The number of carbonyl (C=O) groups excluding carboxylic acids is 2. The van der Waals surface area contributed by atoms with Crippen LogP contribution in [0.15, 0.2) is 18.2 Å². The Bertz CT molecular complexity index is 619. The first-order valence-electron chi connectivity index (χ1n) is 8.97. The molecule has 2 N–H and O–H groups in total. The van der Waals surface area contributed by atoms with Crippen molar-refractivity contribution < 1.29 is 9.59 Å². The molecule has 0 radical (unpaired) electrons.